The van der Waals surface area contributed by atoms with Gasteiger partial charge in [0.15, 0.2) is 0 Å². The molecule has 1 unspecified atom stereocenters. The van der Waals surface area contributed by atoms with Crippen LogP contribution >= 0.6 is 0 Å². The van der Waals surface area contributed by atoms with Gasteiger partial charge in [-0.15, -0.1) is 0 Å². The first kappa shape index (κ1) is 19.5. The Morgan fingerprint density at radius 2 is 1.36 bits per heavy atom. The SMILES string of the molecule is COc1ccc(COc2ccc(-c3ccc(C(C)OC(C)=O)cc3)cc2)cc1. The largest absolute Gasteiger partial charge is 0.497 e. The van der Waals surface area contributed by atoms with Gasteiger partial charge < -0.3 is 14.2 Å². The molecular formula is C24H24O4. The summed E-state index contributed by atoms with van der Waals surface area (Å²) in [6, 6.07) is 23.9. The summed E-state index contributed by atoms with van der Waals surface area (Å²) in [5, 5.41) is 0. The van der Waals surface area contributed by atoms with Gasteiger partial charge in [0.2, 0.25) is 0 Å². The molecule has 4 nitrogen and oxygen atoms in total. The predicted octanol–water partition coefficient (Wildman–Crippen LogP) is 5.57. The molecule has 0 saturated carbocycles. The predicted molar refractivity (Wildman–Crippen MR) is 109 cm³/mol. The van der Waals surface area contributed by atoms with Crippen molar-refractivity contribution in [1.29, 1.82) is 0 Å². The molecule has 0 radical (unpaired) electrons. The average Bonchev–Trinajstić information content (AvgIpc) is 2.72. The zero-order chi connectivity index (χ0) is 19.9. The van der Waals surface area contributed by atoms with Crippen LogP contribution < -0.4 is 9.47 Å². The van der Waals surface area contributed by atoms with E-state index in [4.69, 9.17) is 14.2 Å². The Balaban J connectivity index is 1.61. The number of esters is 1. The van der Waals surface area contributed by atoms with Crippen molar-refractivity contribution in [3.05, 3.63) is 83.9 Å². The van der Waals surface area contributed by atoms with Crippen LogP contribution in [-0.4, -0.2) is 13.1 Å². The van der Waals surface area contributed by atoms with Gasteiger partial charge in [-0.1, -0.05) is 48.5 Å². The lowest BCUT2D eigenvalue weighted by Gasteiger charge is -2.13. The van der Waals surface area contributed by atoms with Gasteiger partial charge in [0, 0.05) is 6.92 Å². The fourth-order valence-electron chi connectivity index (χ4n) is 2.90. The van der Waals surface area contributed by atoms with E-state index in [2.05, 4.69) is 0 Å². The number of hydrogen-bond acceptors (Lipinski definition) is 4. The summed E-state index contributed by atoms with van der Waals surface area (Å²) in [5.74, 6) is 1.38. The molecule has 0 amide bonds. The van der Waals surface area contributed by atoms with E-state index in [0.717, 1.165) is 33.8 Å². The van der Waals surface area contributed by atoms with Gasteiger partial charge in [0.1, 0.15) is 24.2 Å². The number of benzene rings is 3. The lowest BCUT2D eigenvalue weighted by atomic mass is 10.0. The van der Waals surface area contributed by atoms with Gasteiger partial charge in [0.25, 0.3) is 0 Å². The number of rotatable bonds is 7. The van der Waals surface area contributed by atoms with Crippen molar-refractivity contribution in [3.8, 4) is 22.6 Å². The van der Waals surface area contributed by atoms with Crippen molar-refractivity contribution < 1.29 is 19.0 Å². The Bertz CT molecular complexity index is 897. The number of carbonyl (C=O) groups excluding carboxylic acids is 1. The van der Waals surface area contributed by atoms with Gasteiger partial charge >= 0.3 is 5.97 Å². The fourth-order valence-corrected chi connectivity index (χ4v) is 2.90. The molecule has 28 heavy (non-hydrogen) atoms. The van der Waals surface area contributed by atoms with Crippen LogP contribution in [-0.2, 0) is 16.1 Å². The van der Waals surface area contributed by atoms with Crippen LogP contribution in [0.3, 0.4) is 0 Å². The summed E-state index contributed by atoms with van der Waals surface area (Å²) < 4.78 is 16.2. The second kappa shape index (κ2) is 9.09. The van der Waals surface area contributed by atoms with Crippen LogP contribution in [0, 0.1) is 0 Å². The molecular weight excluding hydrogens is 352 g/mol. The quantitative estimate of drug-likeness (QED) is 0.506. The molecule has 3 aromatic carbocycles. The van der Waals surface area contributed by atoms with Crippen molar-refractivity contribution >= 4 is 5.97 Å². The minimum Gasteiger partial charge on any atom is -0.497 e. The first-order valence-electron chi connectivity index (χ1n) is 9.18. The second-order valence-electron chi connectivity index (χ2n) is 6.53. The third kappa shape index (κ3) is 5.13. The lowest BCUT2D eigenvalue weighted by Crippen LogP contribution is -2.04. The van der Waals surface area contributed by atoms with Crippen LogP contribution in [0.4, 0.5) is 0 Å². The maximum atomic E-state index is 11.1. The second-order valence-corrected chi connectivity index (χ2v) is 6.53. The Morgan fingerprint density at radius 3 is 1.89 bits per heavy atom. The van der Waals surface area contributed by atoms with E-state index in [9.17, 15) is 4.79 Å². The molecule has 0 aliphatic carbocycles. The zero-order valence-electron chi connectivity index (χ0n) is 16.3. The molecule has 0 bridgehead atoms. The third-order valence-corrected chi connectivity index (χ3v) is 4.48. The third-order valence-electron chi connectivity index (χ3n) is 4.48. The molecule has 4 heteroatoms. The first-order valence-corrected chi connectivity index (χ1v) is 9.18. The van der Waals surface area contributed by atoms with Gasteiger partial charge in [-0.3, -0.25) is 4.79 Å². The number of hydrogen-bond donors (Lipinski definition) is 0. The highest BCUT2D eigenvalue weighted by molar-refractivity contribution is 5.67. The molecule has 1 atom stereocenters. The molecule has 144 valence electrons. The molecule has 0 N–H and O–H groups in total. The van der Waals surface area contributed by atoms with E-state index in [1.165, 1.54) is 6.92 Å². The van der Waals surface area contributed by atoms with Crippen LogP contribution in [0.5, 0.6) is 11.5 Å². The zero-order valence-corrected chi connectivity index (χ0v) is 16.3. The van der Waals surface area contributed by atoms with Crippen molar-refractivity contribution in [3.63, 3.8) is 0 Å². The molecule has 3 aromatic rings. The van der Waals surface area contributed by atoms with Gasteiger partial charge in [-0.05, 0) is 53.4 Å². The smallest absolute Gasteiger partial charge is 0.303 e. The van der Waals surface area contributed by atoms with Gasteiger partial charge in [-0.25, -0.2) is 0 Å². The summed E-state index contributed by atoms with van der Waals surface area (Å²) in [6.07, 6.45) is -0.250. The minimum absolute atomic E-state index is 0.250. The Labute approximate surface area is 165 Å². The number of methoxy groups -OCH3 is 1. The van der Waals surface area contributed by atoms with E-state index in [1.54, 1.807) is 7.11 Å². The average molecular weight is 376 g/mol. The highest BCUT2D eigenvalue weighted by Crippen LogP contribution is 2.25. The van der Waals surface area contributed by atoms with E-state index < -0.39 is 0 Å². The normalized spacial score (nSPS) is 11.5. The van der Waals surface area contributed by atoms with Crippen LogP contribution in [0.2, 0.25) is 0 Å². The van der Waals surface area contributed by atoms with Crippen molar-refractivity contribution in [2.75, 3.05) is 7.11 Å². The van der Waals surface area contributed by atoms with Crippen LogP contribution in [0.1, 0.15) is 31.1 Å². The molecule has 0 fully saturated rings. The summed E-state index contributed by atoms with van der Waals surface area (Å²) in [6.45, 7) is 3.79. The molecule has 0 aromatic heterocycles. The molecule has 0 aliphatic heterocycles. The highest BCUT2D eigenvalue weighted by Gasteiger charge is 2.08. The maximum absolute atomic E-state index is 11.1. The first-order chi connectivity index (χ1) is 13.5. The van der Waals surface area contributed by atoms with E-state index >= 15 is 0 Å². The van der Waals surface area contributed by atoms with Crippen molar-refractivity contribution in [1.82, 2.24) is 0 Å². The highest BCUT2D eigenvalue weighted by atomic mass is 16.5. The minimum atomic E-state index is -0.276. The van der Waals surface area contributed by atoms with Gasteiger partial charge in [0.05, 0.1) is 7.11 Å². The molecule has 0 spiro atoms. The maximum Gasteiger partial charge on any atom is 0.303 e. The van der Waals surface area contributed by atoms with E-state index in [1.807, 2.05) is 79.7 Å². The monoisotopic (exact) mass is 376 g/mol. The number of ether oxygens (including phenoxy) is 3. The van der Waals surface area contributed by atoms with E-state index in [0.29, 0.717) is 6.61 Å². The summed E-state index contributed by atoms with van der Waals surface area (Å²) in [4.78, 5) is 11.1. The standard InChI is InChI=1S/C24H24O4/c1-17(28-18(2)25)20-6-8-21(9-7-20)22-10-14-24(15-11-22)27-16-19-4-12-23(26-3)13-5-19/h4-15,17H,16H2,1-3H3. The molecule has 0 heterocycles. The van der Waals surface area contributed by atoms with Gasteiger partial charge in [-0.2, -0.15) is 0 Å². The van der Waals surface area contributed by atoms with Crippen LogP contribution in [0.25, 0.3) is 11.1 Å². The fraction of sp³-hybridized carbons (Fsp3) is 0.208. The van der Waals surface area contributed by atoms with E-state index in [-0.39, 0.29) is 12.1 Å². The summed E-state index contributed by atoms with van der Waals surface area (Å²) in [7, 11) is 1.65. The molecule has 0 aliphatic rings. The molecule has 0 saturated heterocycles. The summed E-state index contributed by atoms with van der Waals surface area (Å²) >= 11 is 0. The van der Waals surface area contributed by atoms with Crippen LogP contribution in [0.15, 0.2) is 72.8 Å². The summed E-state index contributed by atoms with van der Waals surface area (Å²) in [5.41, 5.74) is 4.25. The van der Waals surface area contributed by atoms with Crippen molar-refractivity contribution in [2.24, 2.45) is 0 Å². The lowest BCUT2D eigenvalue weighted by molar-refractivity contribution is -0.145. The Hall–Kier alpha value is -3.27. The molecule has 3 rings (SSSR count). The van der Waals surface area contributed by atoms with Crippen molar-refractivity contribution in [2.45, 2.75) is 26.6 Å². The Kier molecular flexibility index (Phi) is 6.33. The number of carbonyl (C=O) groups is 1. The Morgan fingerprint density at radius 1 is 0.821 bits per heavy atom. The topological polar surface area (TPSA) is 44.8 Å².